The van der Waals surface area contributed by atoms with E-state index in [1.807, 2.05) is 6.08 Å². The van der Waals surface area contributed by atoms with Crippen LogP contribution in [0.4, 0.5) is 0 Å². The Morgan fingerprint density at radius 1 is 0.786 bits per heavy atom. The van der Waals surface area contributed by atoms with Crippen molar-refractivity contribution in [3.63, 3.8) is 0 Å². The van der Waals surface area contributed by atoms with E-state index in [-0.39, 0.29) is 12.5 Å². The lowest BCUT2D eigenvalue weighted by Gasteiger charge is -2.40. The van der Waals surface area contributed by atoms with Crippen LogP contribution < -0.4 is 5.32 Å². The van der Waals surface area contributed by atoms with Gasteiger partial charge >= 0.3 is 0 Å². The van der Waals surface area contributed by atoms with Crippen LogP contribution in [0.25, 0.3) is 0 Å². The van der Waals surface area contributed by atoms with Gasteiger partial charge in [-0.3, -0.25) is 4.79 Å². The second-order valence-corrected chi connectivity index (χ2v) is 12.0. The second kappa shape index (κ2) is 25.3. The minimum Gasteiger partial charge on any atom is -0.394 e. The van der Waals surface area contributed by atoms with Crippen molar-refractivity contribution in [3.8, 4) is 0 Å². The molecule has 1 saturated heterocycles. The zero-order valence-corrected chi connectivity index (χ0v) is 26.5. The van der Waals surface area contributed by atoms with Crippen molar-refractivity contribution in [1.82, 2.24) is 5.32 Å². The van der Waals surface area contributed by atoms with E-state index in [1.165, 1.54) is 77.0 Å². The van der Waals surface area contributed by atoms with Crippen LogP contribution in [0.3, 0.4) is 0 Å². The topological polar surface area (TPSA) is 149 Å². The number of carbonyl (C=O) groups excluding carboxylic acids is 1. The Kier molecular flexibility index (Phi) is 23.4. The Balaban J connectivity index is 2.54. The summed E-state index contributed by atoms with van der Waals surface area (Å²) >= 11 is 0. The number of nitrogens with one attached hydrogen (secondary N) is 1. The fourth-order valence-electron chi connectivity index (χ4n) is 5.27. The van der Waals surface area contributed by atoms with Crippen molar-refractivity contribution < 1.29 is 39.8 Å². The average Bonchev–Trinajstić information content (AvgIpc) is 2.98. The van der Waals surface area contributed by atoms with Gasteiger partial charge in [0.25, 0.3) is 0 Å². The van der Waals surface area contributed by atoms with Gasteiger partial charge in [0.1, 0.15) is 24.4 Å². The Morgan fingerprint density at radius 2 is 1.31 bits per heavy atom. The third kappa shape index (κ3) is 17.3. The van der Waals surface area contributed by atoms with Crippen molar-refractivity contribution in [1.29, 1.82) is 0 Å². The average molecular weight is 602 g/mol. The highest BCUT2D eigenvalue weighted by molar-refractivity contribution is 5.76. The maximum Gasteiger partial charge on any atom is 0.220 e. The fraction of sp³-hybridized carbons (Fsp3) is 0.909. The summed E-state index contributed by atoms with van der Waals surface area (Å²) in [6, 6.07) is -0.793. The van der Waals surface area contributed by atoms with E-state index < -0.39 is 49.5 Å². The van der Waals surface area contributed by atoms with Gasteiger partial charge in [0.05, 0.1) is 25.4 Å². The van der Waals surface area contributed by atoms with E-state index >= 15 is 0 Å². The number of carbonyl (C=O) groups is 1. The number of hydrogen-bond acceptors (Lipinski definition) is 8. The van der Waals surface area contributed by atoms with Crippen molar-refractivity contribution in [3.05, 3.63) is 12.2 Å². The molecule has 0 spiro atoms. The summed E-state index contributed by atoms with van der Waals surface area (Å²) in [7, 11) is 0. The quantitative estimate of drug-likeness (QED) is 0.0620. The molecule has 0 aromatic rings. The number of aliphatic hydroxyl groups excluding tert-OH is 5. The Bertz CT molecular complexity index is 676. The minimum atomic E-state index is -1.56. The number of unbranched alkanes of at least 4 members (excludes halogenated alkanes) is 16. The molecule has 2 unspecified atom stereocenters. The molecule has 7 atom stereocenters. The van der Waals surface area contributed by atoms with Gasteiger partial charge in [0.15, 0.2) is 6.29 Å². The molecule has 1 heterocycles. The SMILES string of the molecule is CCCCCCCCCC/C=C/[C@@H](O)[C@H](CO[C@@H]1O[C@H](CO)[C@@H](O)C(O)C1O)NC(=O)CCCCCCCCCCC. The van der Waals surface area contributed by atoms with Crippen LogP contribution in [-0.2, 0) is 14.3 Å². The molecule has 6 N–H and O–H groups in total. The monoisotopic (exact) mass is 601 g/mol. The number of allylic oxidation sites excluding steroid dienone is 1. The van der Waals surface area contributed by atoms with Gasteiger partial charge in [-0.05, 0) is 19.3 Å². The maximum absolute atomic E-state index is 12.7. The summed E-state index contributed by atoms with van der Waals surface area (Å²) in [4.78, 5) is 12.7. The summed E-state index contributed by atoms with van der Waals surface area (Å²) in [5.74, 6) is -0.184. The van der Waals surface area contributed by atoms with Crippen molar-refractivity contribution >= 4 is 5.91 Å². The van der Waals surface area contributed by atoms with Gasteiger partial charge in [-0.2, -0.15) is 0 Å². The van der Waals surface area contributed by atoms with Crippen molar-refractivity contribution in [2.45, 2.75) is 179 Å². The van der Waals surface area contributed by atoms with Gasteiger partial charge in [-0.25, -0.2) is 0 Å². The molecule has 9 heteroatoms. The summed E-state index contributed by atoms with van der Waals surface area (Å²) in [5, 5.41) is 53.6. The first-order chi connectivity index (χ1) is 20.3. The van der Waals surface area contributed by atoms with E-state index in [0.717, 1.165) is 38.5 Å². The minimum absolute atomic E-state index is 0.184. The molecule has 1 aliphatic rings. The summed E-state index contributed by atoms with van der Waals surface area (Å²) in [6.07, 6.45) is 16.9. The van der Waals surface area contributed by atoms with Crippen molar-refractivity contribution in [2.75, 3.05) is 13.2 Å². The van der Waals surface area contributed by atoms with Crippen molar-refractivity contribution in [2.24, 2.45) is 0 Å². The lowest BCUT2D eigenvalue weighted by Crippen LogP contribution is -2.60. The number of hydrogen-bond donors (Lipinski definition) is 6. The smallest absolute Gasteiger partial charge is 0.220 e. The van der Waals surface area contributed by atoms with E-state index in [9.17, 15) is 30.3 Å². The van der Waals surface area contributed by atoms with E-state index in [0.29, 0.717) is 6.42 Å². The van der Waals surface area contributed by atoms with Gasteiger partial charge in [-0.1, -0.05) is 122 Å². The lowest BCUT2D eigenvalue weighted by molar-refractivity contribution is -0.302. The molecule has 1 aliphatic heterocycles. The molecule has 42 heavy (non-hydrogen) atoms. The summed E-state index contributed by atoms with van der Waals surface area (Å²) in [6.45, 7) is 3.68. The fourth-order valence-corrected chi connectivity index (χ4v) is 5.27. The molecule has 248 valence electrons. The first-order valence-corrected chi connectivity index (χ1v) is 16.9. The number of rotatable bonds is 26. The van der Waals surface area contributed by atoms with Crippen LogP contribution in [0.2, 0.25) is 0 Å². The van der Waals surface area contributed by atoms with Gasteiger partial charge in [0, 0.05) is 6.42 Å². The van der Waals surface area contributed by atoms with Crippen LogP contribution in [0.5, 0.6) is 0 Å². The largest absolute Gasteiger partial charge is 0.394 e. The molecule has 0 radical (unpaired) electrons. The third-order valence-corrected chi connectivity index (χ3v) is 8.11. The molecule has 9 nitrogen and oxygen atoms in total. The standard InChI is InChI=1S/C33H63NO8/c1-3-5-7-9-11-13-15-16-18-20-22-27(36)26(25-41-33-32(40)31(39)30(38)28(24-35)42-33)34-29(37)23-21-19-17-14-12-10-8-6-4-2/h20,22,26-28,30-33,35-36,38-40H,3-19,21,23-25H2,1-2H3,(H,34,37)/b22-20+/t26-,27+,28+,30+,31?,32?,33+/m0/s1. The molecular weight excluding hydrogens is 538 g/mol. The van der Waals surface area contributed by atoms with Crippen LogP contribution in [-0.4, -0.2) is 87.5 Å². The number of ether oxygens (including phenoxy) is 2. The Hall–Kier alpha value is -1.07. The lowest BCUT2D eigenvalue weighted by atomic mass is 9.99. The molecule has 1 amide bonds. The highest BCUT2D eigenvalue weighted by Gasteiger charge is 2.44. The zero-order valence-electron chi connectivity index (χ0n) is 26.5. The number of aliphatic hydroxyl groups is 5. The predicted molar refractivity (Wildman–Crippen MR) is 166 cm³/mol. The maximum atomic E-state index is 12.7. The molecule has 0 bridgehead atoms. The first kappa shape index (κ1) is 39.0. The predicted octanol–water partition coefficient (Wildman–Crippen LogP) is 4.66. The van der Waals surface area contributed by atoms with Crippen LogP contribution >= 0.6 is 0 Å². The third-order valence-electron chi connectivity index (χ3n) is 8.11. The van der Waals surface area contributed by atoms with Gasteiger partial charge in [0.2, 0.25) is 5.91 Å². The summed E-state index contributed by atoms with van der Waals surface area (Å²) in [5.41, 5.74) is 0. The second-order valence-electron chi connectivity index (χ2n) is 12.0. The summed E-state index contributed by atoms with van der Waals surface area (Å²) < 4.78 is 11.1. The van der Waals surface area contributed by atoms with Crippen LogP contribution in [0, 0.1) is 0 Å². The highest BCUT2D eigenvalue weighted by Crippen LogP contribution is 2.22. The number of amides is 1. The Labute approximate surface area is 255 Å². The normalized spacial score (nSPS) is 24.2. The van der Waals surface area contributed by atoms with Gasteiger partial charge in [-0.15, -0.1) is 0 Å². The molecule has 0 saturated carbocycles. The Morgan fingerprint density at radius 3 is 1.86 bits per heavy atom. The zero-order chi connectivity index (χ0) is 31.0. The molecule has 0 aliphatic carbocycles. The highest BCUT2D eigenvalue weighted by atomic mass is 16.7. The van der Waals surface area contributed by atoms with E-state index in [4.69, 9.17) is 9.47 Å². The molecule has 0 aromatic heterocycles. The molecule has 0 aromatic carbocycles. The van der Waals surface area contributed by atoms with Gasteiger partial charge < -0.3 is 40.3 Å². The molecule has 1 fully saturated rings. The van der Waals surface area contributed by atoms with Crippen LogP contribution in [0.15, 0.2) is 12.2 Å². The van der Waals surface area contributed by atoms with E-state index in [1.54, 1.807) is 6.08 Å². The van der Waals surface area contributed by atoms with E-state index in [2.05, 4.69) is 19.2 Å². The first-order valence-electron chi connectivity index (χ1n) is 16.9. The van der Waals surface area contributed by atoms with Crippen LogP contribution in [0.1, 0.15) is 136 Å². The molecular formula is C33H63NO8. The molecule has 1 rings (SSSR count).